The van der Waals surface area contributed by atoms with Crippen molar-refractivity contribution in [2.24, 2.45) is 0 Å². The Hall–Kier alpha value is -4.25. The number of nitrogens with zero attached hydrogens (tertiary/aromatic N) is 4. The predicted molar refractivity (Wildman–Crippen MR) is 120 cm³/mol. The van der Waals surface area contributed by atoms with E-state index in [2.05, 4.69) is 6.07 Å². The van der Waals surface area contributed by atoms with Crippen molar-refractivity contribution >= 4 is 49.5 Å². The highest BCUT2D eigenvalue weighted by Gasteiger charge is 2.22. The Morgan fingerprint density at radius 3 is 2.13 bits per heavy atom. The minimum Gasteiger partial charge on any atom is -0.272 e. The van der Waals surface area contributed by atoms with Crippen LogP contribution in [0.3, 0.4) is 0 Å². The maximum atomic E-state index is 13.6. The summed E-state index contributed by atoms with van der Waals surface area (Å²) >= 11 is 0. The average Bonchev–Trinajstić information content (AvgIpc) is 3.30. The highest BCUT2D eigenvalue weighted by molar-refractivity contribution is 6.18. The molecule has 5 heteroatoms. The Morgan fingerprint density at radius 1 is 0.667 bits per heavy atom. The second-order valence-corrected chi connectivity index (χ2v) is 7.51. The van der Waals surface area contributed by atoms with Crippen molar-refractivity contribution in [1.82, 2.24) is 18.9 Å². The third-order valence-electron chi connectivity index (χ3n) is 5.87. The van der Waals surface area contributed by atoms with E-state index < -0.39 is 0 Å². The van der Waals surface area contributed by atoms with Crippen LogP contribution in [0.15, 0.2) is 89.7 Å². The Kier molecular flexibility index (Phi) is 2.83. The van der Waals surface area contributed by atoms with Crippen molar-refractivity contribution in [3.8, 4) is 5.69 Å². The van der Waals surface area contributed by atoms with Gasteiger partial charge < -0.3 is 0 Å². The van der Waals surface area contributed by atoms with Gasteiger partial charge in [-0.2, -0.15) is 0 Å². The molecular formula is C25H14N4O. The van der Waals surface area contributed by atoms with Crippen LogP contribution in [0.4, 0.5) is 0 Å². The van der Waals surface area contributed by atoms with Crippen LogP contribution >= 0.6 is 0 Å². The number of aromatic nitrogens is 4. The first-order chi connectivity index (χ1) is 14.8. The Labute approximate surface area is 169 Å². The van der Waals surface area contributed by atoms with E-state index in [-0.39, 0.29) is 5.56 Å². The van der Waals surface area contributed by atoms with Crippen molar-refractivity contribution < 1.29 is 0 Å². The third-order valence-corrected chi connectivity index (χ3v) is 5.87. The van der Waals surface area contributed by atoms with Gasteiger partial charge in [0.05, 0.1) is 27.8 Å². The molecule has 3 aromatic carbocycles. The van der Waals surface area contributed by atoms with Crippen molar-refractivity contribution in [1.29, 1.82) is 0 Å². The van der Waals surface area contributed by atoms with Gasteiger partial charge in [-0.05, 0) is 30.3 Å². The minimum absolute atomic E-state index is 0.0822. The summed E-state index contributed by atoms with van der Waals surface area (Å²) in [7, 11) is 0. The fourth-order valence-electron chi connectivity index (χ4n) is 4.57. The van der Waals surface area contributed by atoms with Gasteiger partial charge in [-0.1, -0.05) is 54.6 Å². The maximum absolute atomic E-state index is 13.6. The molecule has 0 unspecified atom stereocenters. The van der Waals surface area contributed by atoms with Crippen molar-refractivity contribution in [2.45, 2.75) is 0 Å². The van der Waals surface area contributed by atoms with Crippen LogP contribution < -0.4 is 5.56 Å². The van der Waals surface area contributed by atoms with E-state index in [9.17, 15) is 4.79 Å². The van der Waals surface area contributed by atoms with E-state index in [1.54, 1.807) is 4.57 Å². The summed E-state index contributed by atoms with van der Waals surface area (Å²) in [6.45, 7) is 0. The molecule has 0 saturated heterocycles. The molecule has 0 aliphatic heterocycles. The fraction of sp³-hybridized carbons (Fsp3) is 0. The largest absolute Gasteiger partial charge is 0.282 e. The zero-order valence-corrected chi connectivity index (χ0v) is 15.8. The first-order valence-corrected chi connectivity index (χ1v) is 9.83. The molecule has 30 heavy (non-hydrogen) atoms. The summed E-state index contributed by atoms with van der Waals surface area (Å²) in [5.41, 5.74) is 4.91. The van der Waals surface area contributed by atoms with Gasteiger partial charge in [-0.3, -0.25) is 9.20 Å². The van der Waals surface area contributed by atoms with Crippen molar-refractivity contribution in [3.63, 3.8) is 0 Å². The molecular weight excluding hydrogens is 372 g/mol. The number of imidazole rings is 1. The summed E-state index contributed by atoms with van der Waals surface area (Å²) in [5, 5.41) is 3.03. The van der Waals surface area contributed by atoms with E-state index in [1.807, 2.05) is 83.3 Å². The van der Waals surface area contributed by atoms with Crippen LogP contribution in [-0.2, 0) is 0 Å². The van der Waals surface area contributed by atoms with Crippen LogP contribution in [-0.4, -0.2) is 18.9 Å². The lowest BCUT2D eigenvalue weighted by Gasteiger charge is -2.08. The Bertz CT molecular complexity index is 1810. The first-order valence-electron chi connectivity index (χ1n) is 9.83. The summed E-state index contributed by atoms with van der Waals surface area (Å²) in [4.78, 5) is 23.4. The number of pyridine rings is 1. The SMILES string of the molecule is O=c1c2cc3c4ccccc4nc3c3c4ccccc4nc(n1-c1ccccc1)n23. The summed E-state index contributed by atoms with van der Waals surface area (Å²) < 4.78 is 3.65. The molecule has 0 radical (unpaired) electrons. The number of para-hydroxylation sites is 3. The summed E-state index contributed by atoms with van der Waals surface area (Å²) in [6.07, 6.45) is 0. The summed E-state index contributed by atoms with van der Waals surface area (Å²) in [6, 6.07) is 27.7. The lowest BCUT2D eigenvalue weighted by Crippen LogP contribution is -2.12. The minimum atomic E-state index is -0.0822. The van der Waals surface area contributed by atoms with E-state index in [0.29, 0.717) is 11.3 Å². The molecule has 7 rings (SSSR count). The molecule has 0 spiro atoms. The number of benzene rings is 3. The van der Waals surface area contributed by atoms with E-state index in [1.165, 1.54) is 0 Å². The van der Waals surface area contributed by atoms with Crippen molar-refractivity contribution in [2.75, 3.05) is 0 Å². The van der Waals surface area contributed by atoms with Gasteiger partial charge in [0.25, 0.3) is 5.56 Å². The highest BCUT2D eigenvalue weighted by Crippen LogP contribution is 2.34. The van der Waals surface area contributed by atoms with E-state index >= 15 is 0 Å². The number of hydrogen-bond acceptors (Lipinski definition) is 3. The standard InChI is InChI=1S/C25H14N4O/c30-24-21-14-18-16-10-4-6-12-19(16)26-22(18)23-17-11-5-7-13-20(17)27-25(29(21)23)28(24)15-8-2-1-3-9-15/h1-14H. The van der Waals surface area contributed by atoms with Gasteiger partial charge in [0.15, 0.2) is 0 Å². The van der Waals surface area contributed by atoms with Gasteiger partial charge >= 0.3 is 0 Å². The number of rotatable bonds is 1. The topological polar surface area (TPSA) is 52.2 Å². The molecule has 4 aromatic heterocycles. The van der Waals surface area contributed by atoms with Crippen LogP contribution in [0, 0.1) is 0 Å². The van der Waals surface area contributed by atoms with Gasteiger partial charge in [0.2, 0.25) is 5.78 Å². The smallest absolute Gasteiger partial charge is 0.272 e. The van der Waals surface area contributed by atoms with Gasteiger partial charge in [0.1, 0.15) is 5.52 Å². The molecule has 0 aliphatic carbocycles. The molecule has 0 amide bonds. The zero-order valence-electron chi connectivity index (χ0n) is 15.8. The van der Waals surface area contributed by atoms with E-state index in [4.69, 9.17) is 9.97 Å². The fourth-order valence-corrected chi connectivity index (χ4v) is 4.57. The summed E-state index contributed by atoms with van der Waals surface area (Å²) in [5.74, 6) is 0.601. The monoisotopic (exact) mass is 386 g/mol. The lowest BCUT2D eigenvalue weighted by molar-refractivity contribution is 1.03. The van der Waals surface area contributed by atoms with Crippen LogP contribution in [0.25, 0.3) is 55.2 Å². The maximum Gasteiger partial charge on any atom is 0.282 e. The molecule has 4 heterocycles. The van der Waals surface area contributed by atoms with Crippen molar-refractivity contribution in [3.05, 3.63) is 95.3 Å². The molecule has 0 bridgehead atoms. The lowest BCUT2D eigenvalue weighted by atomic mass is 10.1. The van der Waals surface area contributed by atoms with Crippen LogP contribution in [0.2, 0.25) is 0 Å². The predicted octanol–water partition coefficient (Wildman–Crippen LogP) is 4.93. The molecule has 7 aromatic rings. The molecule has 140 valence electrons. The normalized spacial score (nSPS) is 12.1. The molecule has 0 N–H and O–H groups in total. The second-order valence-electron chi connectivity index (χ2n) is 7.51. The Balaban J connectivity index is 1.84. The molecule has 5 nitrogen and oxygen atoms in total. The first kappa shape index (κ1) is 15.6. The molecule has 0 atom stereocenters. The number of fused-ring (bicyclic) bond motifs is 6. The third kappa shape index (κ3) is 1.84. The van der Waals surface area contributed by atoms with Crippen LogP contribution in [0.5, 0.6) is 0 Å². The second kappa shape index (κ2) is 5.42. The van der Waals surface area contributed by atoms with E-state index in [0.717, 1.165) is 43.9 Å². The Morgan fingerprint density at radius 2 is 1.33 bits per heavy atom. The van der Waals surface area contributed by atoms with Crippen LogP contribution in [0.1, 0.15) is 0 Å². The quantitative estimate of drug-likeness (QED) is 0.376. The zero-order chi connectivity index (χ0) is 19.8. The molecule has 0 aliphatic rings. The van der Waals surface area contributed by atoms with Gasteiger partial charge in [0, 0.05) is 16.2 Å². The highest BCUT2D eigenvalue weighted by atomic mass is 16.1. The molecule has 0 fully saturated rings. The van der Waals surface area contributed by atoms with Gasteiger partial charge in [-0.15, -0.1) is 0 Å². The van der Waals surface area contributed by atoms with Gasteiger partial charge in [-0.25, -0.2) is 14.5 Å². The number of hydrogen-bond donors (Lipinski definition) is 0. The molecule has 0 saturated carbocycles. The average molecular weight is 386 g/mol.